The summed E-state index contributed by atoms with van der Waals surface area (Å²) >= 11 is 0. The lowest BCUT2D eigenvalue weighted by atomic mass is 10.0. The standard InChI is InChI=1S/C11H13N3O/c1-11(2-3-11)14-6-8-5-12-7-13-9(8)4-10(14)15/h5,7H,2-4,6H2,1H3. The zero-order valence-corrected chi connectivity index (χ0v) is 8.73. The van der Waals surface area contributed by atoms with E-state index < -0.39 is 0 Å². The number of carbonyl (C=O) groups is 1. The van der Waals surface area contributed by atoms with Crippen LogP contribution in [0.2, 0.25) is 0 Å². The van der Waals surface area contributed by atoms with Crippen LogP contribution < -0.4 is 0 Å². The Morgan fingerprint density at radius 1 is 1.47 bits per heavy atom. The molecule has 0 spiro atoms. The highest BCUT2D eigenvalue weighted by Gasteiger charge is 2.46. The Hall–Kier alpha value is -1.45. The van der Waals surface area contributed by atoms with Gasteiger partial charge in [0.05, 0.1) is 12.1 Å². The number of hydrogen-bond donors (Lipinski definition) is 0. The van der Waals surface area contributed by atoms with Crippen LogP contribution in [0, 0.1) is 0 Å². The van der Waals surface area contributed by atoms with Gasteiger partial charge < -0.3 is 4.90 Å². The number of hydrogen-bond acceptors (Lipinski definition) is 3. The first-order chi connectivity index (χ1) is 7.19. The normalized spacial score (nSPS) is 22.5. The Bertz CT molecular complexity index is 426. The van der Waals surface area contributed by atoms with Gasteiger partial charge in [0.1, 0.15) is 6.33 Å². The molecule has 1 fully saturated rings. The molecule has 0 radical (unpaired) electrons. The van der Waals surface area contributed by atoms with Crippen molar-refractivity contribution in [3.05, 3.63) is 23.8 Å². The maximum Gasteiger partial charge on any atom is 0.229 e. The van der Waals surface area contributed by atoms with Crippen LogP contribution in [0.3, 0.4) is 0 Å². The molecule has 1 aromatic rings. The highest BCUT2D eigenvalue weighted by Crippen LogP contribution is 2.43. The molecule has 2 heterocycles. The summed E-state index contributed by atoms with van der Waals surface area (Å²) in [6, 6.07) is 0. The van der Waals surface area contributed by atoms with Crippen LogP contribution in [-0.4, -0.2) is 26.3 Å². The summed E-state index contributed by atoms with van der Waals surface area (Å²) in [7, 11) is 0. The average molecular weight is 203 g/mol. The van der Waals surface area contributed by atoms with Crippen molar-refractivity contribution in [1.29, 1.82) is 0 Å². The molecule has 0 atom stereocenters. The van der Waals surface area contributed by atoms with E-state index in [1.165, 1.54) is 6.33 Å². The Kier molecular flexibility index (Phi) is 1.63. The van der Waals surface area contributed by atoms with Gasteiger partial charge in [0.25, 0.3) is 0 Å². The first-order valence-corrected chi connectivity index (χ1v) is 5.27. The van der Waals surface area contributed by atoms with E-state index in [1.807, 2.05) is 11.1 Å². The van der Waals surface area contributed by atoms with E-state index >= 15 is 0 Å². The lowest BCUT2D eigenvalue weighted by Crippen LogP contribution is -2.43. The first kappa shape index (κ1) is 8.83. The van der Waals surface area contributed by atoms with Crippen LogP contribution in [0.25, 0.3) is 0 Å². The van der Waals surface area contributed by atoms with Crippen molar-refractivity contribution in [2.45, 2.75) is 38.3 Å². The minimum absolute atomic E-state index is 0.116. The fraction of sp³-hybridized carbons (Fsp3) is 0.545. The number of nitrogens with zero attached hydrogens (tertiary/aromatic N) is 3. The van der Waals surface area contributed by atoms with Gasteiger partial charge in [-0.2, -0.15) is 0 Å². The van der Waals surface area contributed by atoms with Gasteiger partial charge in [-0.25, -0.2) is 9.97 Å². The minimum atomic E-state index is 0.116. The van der Waals surface area contributed by atoms with Crippen molar-refractivity contribution >= 4 is 5.91 Å². The molecule has 1 aliphatic heterocycles. The van der Waals surface area contributed by atoms with Crippen LogP contribution in [0.4, 0.5) is 0 Å². The maximum absolute atomic E-state index is 11.9. The van der Waals surface area contributed by atoms with Gasteiger partial charge in [0, 0.05) is 23.8 Å². The highest BCUT2D eigenvalue weighted by molar-refractivity contribution is 5.81. The molecule has 15 heavy (non-hydrogen) atoms. The smallest absolute Gasteiger partial charge is 0.229 e. The zero-order valence-electron chi connectivity index (χ0n) is 8.73. The van der Waals surface area contributed by atoms with Gasteiger partial charge in [0.15, 0.2) is 0 Å². The van der Waals surface area contributed by atoms with Gasteiger partial charge in [0.2, 0.25) is 5.91 Å². The fourth-order valence-corrected chi connectivity index (χ4v) is 2.11. The molecule has 4 heteroatoms. The second kappa shape index (κ2) is 2.78. The van der Waals surface area contributed by atoms with E-state index in [-0.39, 0.29) is 11.4 Å². The number of fused-ring (bicyclic) bond motifs is 1. The minimum Gasteiger partial charge on any atom is -0.333 e. The van der Waals surface area contributed by atoms with Crippen LogP contribution in [0.1, 0.15) is 31.0 Å². The van der Waals surface area contributed by atoms with Crippen molar-refractivity contribution in [1.82, 2.24) is 14.9 Å². The van der Waals surface area contributed by atoms with Crippen LogP contribution in [0.15, 0.2) is 12.5 Å². The van der Waals surface area contributed by atoms with Gasteiger partial charge in [-0.3, -0.25) is 4.79 Å². The molecule has 0 bridgehead atoms. The molecule has 1 saturated carbocycles. The first-order valence-electron chi connectivity index (χ1n) is 5.27. The van der Waals surface area contributed by atoms with E-state index in [0.717, 1.165) is 24.1 Å². The molecule has 4 nitrogen and oxygen atoms in total. The molecular formula is C11H13N3O. The molecule has 1 aromatic heterocycles. The Labute approximate surface area is 88.3 Å². The second-order valence-corrected chi connectivity index (χ2v) is 4.65. The molecule has 2 aliphatic rings. The Balaban J connectivity index is 1.95. The summed E-state index contributed by atoms with van der Waals surface area (Å²) in [5.41, 5.74) is 2.12. The number of amides is 1. The van der Waals surface area contributed by atoms with Crippen LogP contribution in [0.5, 0.6) is 0 Å². The van der Waals surface area contributed by atoms with Gasteiger partial charge in [-0.15, -0.1) is 0 Å². The van der Waals surface area contributed by atoms with E-state index in [9.17, 15) is 4.79 Å². The van der Waals surface area contributed by atoms with E-state index in [1.54, 1.807) is 0 Å². The average Bonchev–Trinajstić information content (AvgIpc) is 2.96. The third-order valence-corrected chi connectivity index (χ3v) is 3.45. The fourth-order valence-electron chi connectivity index (χ4n) is 2.11. The molecule has 0 aromatic carbocycles. The summed E-state index contributed by atoms with van der Waals surface area (Å²) in [5, 5.41) is 0. The maximum atomic E-state index is 11.9. The predicted octanol–water partition coefficient (Wildman–Crippen LogP) is 0.914. The Morgan fingerprint density at radius 2 is 2.27 bits per heavy atom. The lowest BCUT2D eigenvalue weighted by molar-refractivity contribution is -0.135. The van der Waals surface area contributed by atoms with Crippen molar-refractivity contribution < 1.29 is 4.79 Å². The number of aromatic nitrogens is 2. The summed E-state index contributed by atoms with van der Waals surface area (Å²) < 4.78 is 0. The molecule has 1 amide bonds. The van der Waals surface area contributed by atoms with Gasteiger partial charge in [-0.05, 0) is 19.8 Å². The van der Waals surface area contributed by atoms with Gasteiger partial charge in [-0.1, -0.05) is 0 Å². The van der Waals surface area contributed by atoms with E-state index in [4.69, 9.17) is 0 Å². The summed E-state index contributed by atoms with van der Waals surface area (Å²) in [6.07, 6.45) is 6.03. The molecule has 1 aliphatic carbocycles. The van der Waals surface area contributed by atoms with Crippen molar-refractivity contribution in [3.63, 3.8) is 0 Å². The topological polar surface area (TPSA) is 46.1 Å². The molecular weight excluding hydrogens is 190 g/mol. The van der Waals surface area contributed by atoms with Crippen LogP contribution >= 0.6 is 0 Å². The summed E-state index contributed by atoms with van der Waals surface area (Å²) in [6.45, 7) is 2.84. The molecule has 78 valence electrons. The highest BCUT2D eigenvalue weighted by atomic mass is 16.2. The summed E-state index contributed by atoms with van der Waals surface area (Å²) in [5.74, 6) is 0.209. The van der Waals surface area contributed by atoms with Crippen molar-refractivity contribution in [2.24, 2.45) is 0 Å². The third-order valence-electron chi connectivity index (χ3n) is 3.45. The van der Waals surface area contributed by atoms with Crippen LogP contribution in [-0.2, 0) is 17.8 Å². The quantitative estimate of drug-likeness (QED) is 0.681. The van der Waals surface area contributed by atoms with E-state index in [0.29, 0.717) is 13.0 Å². The molecule has 0 saturated heterocycles. The molecule has 0 N–H and O–H groups in total. The summed E-state index contributed by atoms with van der Waals surface area (Å²) in [4.78, 5) is 22.1. The number of carbonyl (C=O) groups excluding carboxylic acids is 1. The third kappa shape index (κ3) is 1.32. The van der Waals surface area contributed by atoms with Crippen molar-refractivity contribution in [2.75, 3.05) is 0 Å². The molecule has 3 rings (SSSR count). The largest absolute Gasteiger partial charge is 0.333 e. The van der Waals surface area contributed by atoms with Crippen molar-refractivity contribution in [3.8, 4) is 0 Å². The monoisotopic (exact) mass is 203 g/mol. The zero-order chi connectivity index (χ0) is 10.5. The van der Waals surface area contributed by atoms with Gasteiger partial charge >= 0.3 is 0 Å². The SMILES string of the molecule is CC1(N2Cc3cncnc3CC2=O)CC1. The van der Waals surface area contributed by atoms with E-state index in [2.05, 4.69) is 16.9 Å². The lowest BCUT2D eigenvalue weighted by Gasteiger charge is -2.33. The number of rotatable bonds is 1. The molecule has 0 unspecified atom stereocenters. The Morgan fingerprint density at radius 3 is 3.00 bits per heavy atom. The predicted molar refractivity (Wildman–Crippen MR) is 53.9 cm³/mol. The second-order valence-electron chi connectivity index (χ2n) is 4.65.